The molecule has 4 rings (SSSR count). The van der Waals surface area contributed by atoms with Gasteiger partial charge in [0.05, 0.1) is 17.1 Å². The number of hydrogen-bond acceptors (Lipinski definition) is 5. The van der Waals surface area contributed by atoms with Crippen molar-refractivity contribution in [2.45, 2.75) is 13.5 Å². The second kappa shape index (κ2) is 6.87. The van der Waals surface area contributed by atoms with E-state index in [2.05, 4.69) is 15.3 Å². The van der Waals surface area contributed by atoms with E-state index in [9.17, 15) is 9.59 Å². The number of benzene rings is 2. The van der Waals surface area contributed by atoms with E-state index in [0.717, 1.165) is 5.56 Å². The Labute approximate surface area is 154 Å². The number of rotatable bonds is 4. The second-order valence-electron chi connectivity index (χ2n) is 6.06. The molecule has 27 heavy (non-hydrogen) atoms. The van der Waals surface area contributed by atoms with Crippen molar-refractivity contribution < 1.29 is 9.21 Å². The van der Waals surface area contributed by atoms with E-state index in [4.69, 9.17) is 4.42 Å². The molecule has 7 heteroatoms. The molecule has 0 bridgehead atoms. The summed E-state index contributed by atoms with van der Waals surface area (Å²) in [6.07, 6.45) is 2.95. The van der Waals surface area contributed by atoms with Crippen molar-refractivity contribution in [2.24, 2.45) is 0 Å². The van der Waals surface area contributed by atoms with Crippen molar-refractivity contribution in [2.75, 3.05) is 5.32 Å². The molecule has 0 atom stereocenters. The number of nitrogens with one attached hydrogen (secondary N) is 1. The summed E-state index contributed by atoms with van der Waals surface area (Å²) >= 11 is 0. The second-order valence-corrected chi connectivity index (χ2v) is 6.06. The summed E-state index contributed by atoms with van der Waals surface area (Å²) in [5.74, 6) is 0.785. The zero-order valence-electron chi connectivity index (χ0n) is 14.5. The first-order valence-electron chi connectivity index (χ1n) is 8.37. The third-order valence-electron chi connectivity index (χ3n) is 4.22. The molecule has 1 N–H and O–H groups in total. The molecule has 2 aromatic carbocycles. The Balaban J connectivity index is 1.58. The van der Waals surface area contributed by atoms with Gasteiger partial charge in [0, 0.05) is 11.3 Å². The van der Waals surface area contributed by atoms with Crippen LogP contribution in [0.1, 0.15) is 5.82 Å². The summed E-state index contributed by atoms with van der Waals surface area (Å²) in [5, 5.41) is 3.30. The molecule has 2 aromatic heterocycles. The van der Waals surface area contributed by atoms with E-state index in [1.54, 1.807) is 43.5 Å². The number of nitrogens with zero attached hydrogens (tertiary/aromatic N) is 3. The maximum Gasteiger partial charge on any atom is 0.261 e. The van der Waals surface area contributed by atoms with E-state index in [1.165, 1.54) is 11.0 Å². The van der Waals surface area contributed by atoms with Crippen LogP contribution < -0.4 is 10.9 Å². The van der Waals surface area contributed by atoms with Gasteiger partial charge in [-0.05, 0) is 31.2 Å². The first-order valence-corrected chi connectivity index (χ1v) is 8.37. The Hall–Kier alpha value is -3.74. The molecule has 0 unspecified atom stereocenters. The smallest absolute Gasteiger partial charge is 0.261 e. The van der Waals surface area contributed by atoms with Gasteiger partial charge >= 0.3 is 0 Å². The molecule has 0 aliphatic carbocycles. The van der Waals surface area contributed by atoms with Crippen LogP contribution in [-0.4, -0.2) is 20.4 Å². The van der Waals surface area contributed by atoms with E-state index < -0.39 is 0 Å². The number of carbonyl (C=O) groups excluding carboxylic acids is 1. The molecule has 1 amide bonds. The Morgan fingerprint density at radius 1 is 1.19 bits per heavy atom. The lowest BCUT2D eigenvalue weighted by Crippen LogP contribution is -2.30. The van der Waals surface area contributed by atoms with E-state index in [0.29, 0.717) is 28.2 Å². The van der Waals surface area contributed by atoms with Crippen molar-refractivity contribution in [3.63, 3.8) is 0 Å². The van der Waals surface area contributed by atoms with Crippen molar-refractivity contribution in [1.29, 1.82) is 0 Å². The highest BCUT2D eigenvalue weighted by atomic mass is 16.3. The lowest BCUT2D eigenvalue weighted by atomic mass is 10.1. The number of carbonyl (C=O) groups is 1. The van der Waals surface area contributed by atoms with E-state index in [-0.39, 0.29) is 18.0 Å². The highest BCUT2D eigenvalue weighted by Gasteiger charge is 2.12. The van der Waals surface area contributed by atoms with Gasteiger partial charge in [-0.1, -0.05) is 24.3 Å². The third kappa shape index (κ3) is 3.35. The normalized spacial score (nSPS) is 10.9. The summed E-state index contributed by atoms with van der Waals surface area (Å²) in [5.41, 5.74) is 1.79. The van der Waals surface area contributed by atoms with Gasteiger partial charge in [-0.2, -0.15) is 0 Å². The minimum atomic E-state index is -0.313. The number of oxazole rings is 1. The fourth-order valence-electron chi connectivity index (χ4n) is 2.92. The quantitative estimate of drug-likeness (QED) is 0.604. The number of hydrogen-bond donors (Lipinski definition) is 1. The van der Waals surface area contributed by atoms with Crippen LogP contribution in [0.2, 0.25) is 0 Å². The molecule has 4 aromatic rings. The summed E-state index contributed by atoms with van der Waals surface area (Å²) in [7, 11) is 0. The van der Waals surface area contributed by atoms with Gasteiger partial charge < -0.3 is 9.73 Å². The van der Waals surface area contributed by atoms with Gasteiger partial charge in [0.2, 0.25) is 5.91 Å². The van der Waals surface area contributed by atoms with Gasteiger partial charge in [0.15, 0.2) is 12.2 Å². The van der Waals surface area contributed by atoms with Crippen molar-refractivity contribution >= 4 is 22.5 Å². The van der Waals surface area contributed by atoms with Gasteiger partial charge in [0.1, 0.15) is 12.4 Å². The monoisotopic (exact) mass is 360 g/mol. The molecule has 0 spiro atoms. The van der Waals surface area contributed by atoms with Crippen molar-refractivity contribution in [3.8, 4) is 11.3 Å². The van der Waals surface area contributed by atoms with E-state index in [1.807, 2.05) is 18.2 Å². The highest BCUT2D eigenvalue weighted by Crippen LogP contribution is 2.22. The molecule has 0 fully saturated rings. The van der Waals surface area contributed by atoms with Crippen LogP contribution in [0.25, 0.3) is 22.2 Å². The van der Waals surface area contributed by atoms with Gasteiger partial charge in [-0.3, -0.25) is 14.2 Å². The summed E-state index contributed by atoms with van der Waals surface area (Å²) in [6.45, 7) is 1.60. The molecule has 2 heterocycles. The number of fused-ring (bicyclic) bond motifs is 1. The average Bonchev–Trinajstić information content (AvgIpc) is 3.20. The number of aryl methyl sites for hydroxylation is 1. The topological polar surface area (TPSA) is 90.0 Å². The lowest BCUT2D eigenvalue weighted by Gasteiger charge is -2.11. The van der Waals surface area contributed by atoms with Crippen LogP contribution in [-0.2, 0) is 11.3 Å². The Kier molecular flexibility index (Phi) is 4.25. The molecule has 0 saturated heterocycles. The predicted molar refractivity (Wildman–Crippen MR) is 101 cm³/mol. The average molecular weight is 360 g/mol. The molecule has 0 saturated carbocycles. The zero-order chi connectivity index (χ0) is 18.8. The molecule has 0 radical (unpaired) electrons. The van der Waals surface area contributed by atoms with E-state index >= 15 is 0 Å². The fourth-order valence-corrected chi connectivity index (χ4v) is 2.92. The number of amides is 1. The Morgan fingerprint density at radius 2 is 2.04 bits per heavy atom. The maximum atomic E-state index is 12.7. The van der Waals surface area contributed by atoms with Gasteiger partial charge in [-0.25, -0.2) is 9.97 Å². The molecule has 134 valence electrons. The SMILES string of the molecule is Cc1nc2ccccc2c(=O)n1CC(=O)Nc1cccc(-c2cnco2)c1. The fraction of sp³-hybridized carbons (Fsp3) is 0.100. The predicted octanol–water partition coefficient (Wildman–Crippen LogP) is 3.00. The van der Waals surface area contributed by atoms with Crippen LogP contribution >= 0.6 is 0 Å². The largest absolute Gasteiger partial charge is 0.444 e. The first-order chi connectivity index (χ1) is 13.1. The number of para-hydroxylation sites is 1. The number of aromatic nitrogens is 3. The molecule has 7 nitrogen and oxygen atoms in total. The molecular formula is C20H16N4O3. The Morgan fingerprint density at radius 3 is 2.85 bits per heavy atom. The molecular weight excluding hydrogens is 344 g/mol. The minimum absolute atomic E-state index is 0.116. The lowest BCUT2D eigenvalue weighted by molar-refractivity contribution is -0.116. The summed E-state index contributed by atoms with van der Waals surface area (Å²) in [4.78, 5) is 33.5. The highest BCUT2D eigenvalue weighted by molar-refractivity contribution is 5.91. The summed E-state index contributed by atoms with van der Waals surface area (Å²) < 4.78 is 6.64. The zero-order valence-corrected chi connectivity index (χ0v) is 14.5. The standard InChI is InChI=1S/C20H16N4O3/c1-13-22-17-8-3-2-7-16(17)20(26)24(13)11-19(25)23-15-6-4-5-14(9-15)18-10-21-12-27-18/h2-10,12H,11H2,1H3,(H,23,25). The van der Waals surface area contributed by atoms with Crippen molar-refractivity contribution in [1.82, 2.24) is 14.5 Å². The van der Waals surface area contributed by atoms with Gasteiger partial charge in [-0.15, -0.1) is 0 Å². The van der Waals surface area contributed by atoms with Crippen LogP contribution in [0.4, 0.5) is 5.69 Å². The summed E-state index contributed by atoms with van der Waals surface area (Å²) in [6, 6.07) is 14.3. The first kappa shape index (κ1) is 16.7. The van der Waals surface area contributed by atoms with Crippen LogP contribution in [0, 0.1) is 6.92 Å². The minimum Gasteiger partial charge on any atom is -0.444 e. The Bertz CT molecular complexity index is 1180. The third-order valence-corrected chi connectivity index (χ3v) is 4.22. The van der Waals surface area contributed by atoms with Crippen LogP contribution in [0.3, 0.4) is 0 Å². The van der Waals surface area contributed by atoms with Crippen LogP contribution in [0.15, 0.2) is 70.3 Å². The van der Waals surface area contributed by atoms with Gasteiger partial charge in [0.25, 0.3) is 5.56 Å². The molecule has 0 aliphatic rings. The maximum absolute atomic E-state index is 12.7. The molecule has 0 aliphatic heterocycles. The van der Waals surface area contributed by atoms with Crippen LogP contribution in [0.5, 0.6) is 0 Å². The number of anilines is 1. The van der Waals surface area contributed by atoms with Crippen molar-refractivity contribution in [3.05, 3.63) is 77.3 Å².